The van der Waals surface area contributed by atoms with Gasteiger partial charge < -0.3 is 11.1 Å². The zero-order valence-electron chi connectivity index (χ0n) is 11.0. The Morgan fingerprint density at radius 2 is 2.05 bits per heavy atom. The summed E-state index contributed by atoms with van der Waals surface area (Å²) in [6.45, 7) is 0. The van der Waals surface area contributed by atoms with Gasteiger partial charge in [0.15, 0.2) is 0 Å². The van der Waals surface area contributed by atoms with Crippen LogP contribution in [0.1, 0.15) is 36.0 Å². The number of thioether (sulfide) groups is 1. The smallest absolute Gasteiger partial charge is 0.252 e. The van der Waals surface area contributed by atoms with Crippen LogP contribution >= 0.6 is 27.7 Å². The van der Waals surface area contributed by atoms with E-state index in [-0.39, 0.29) is 5.91 Å². The monoisotopic (exact) mass is 342 g/mol. The highest BCUT2D eigenvalue weighted by Gasteiger charge is 2.22. The quantitative estimate of drug-likeness (QED) is 0.827. The van der Waals surface area contributed by atoms with Crippen LogP contribution in [-0.4, -0.2) is 23.5 Å². The highest BCUT2D eigenvalue weighted by molar-refractivity contribution is 9.10. The SMILES string of the molecule is CSC1CCC(NC(=O)c2cc(N)ccc2Br)CC1. The van der Waals surface area contributed by atoms with Crippen LogP contribution in [0.15, 0.2) is 22.7 Å². The molecule has 0 saturated heterocycles. The van der Waals surface area contributed by atoms with Crippen molar-refractivity contribution in [1.82, 2.24) is 5.32 Å². The predicted molar refractivity (Wildman–Crippen MR) is 85.6 cm³/mol. The van der Waals surface area contributed by atoms with E-state index in [1.165, 1.54) is 12.8 Å². The topological polar surface area (TPSA) is 55.1 Å². The normalized spacial score (nSPS) is 23.1. The lowest BCUT2D eigenvalue weighted by molar-refractivity contribution is 0.0927. The van der Waals surface area contributed by atoms with Crippen molar-refractivity contribution in [3.8, 4) is 0 Å². The highest BCUT2D eigenvalue weighted by Crippen LogP contribution is 2.27. The number of carbonyl (C=O) groups is 1. The molecule has 104 valence electrons. The summed E-state index contributed by atoms with van der Waals surface area (Å²) in [5, 5.41) is 3.87. The molecule has 2 rings (SSSR count). The van der Waals surface area contributed by atoms with Crippen molar-refractivity contribution >= 4 is 39.3 Å². The summed E-state index contributed by atoms with van der Waals surface area (Å²) in [6, 6.07) is 5.61. The number of rotatable bonds is 3. The van der Waals surface area contributed by atoms with Crippen LogP contribution in [0.5, 0.6) is 0 Å². The van der Waals surface area contributed by atoms with Gasteiger partial charge in [-0.25, -0.2) is 0 Å². The van der Waals surface area contributed by atoms with Crippen LogP contribution in [-0.2, 0) is 0 Å². The van der Waals surface area contributed by atoms with Gasteiger partial charge in [0.05, 0.1) is 5.56 Å². The van der Waals surface area contributed by atoms with Gasteiger partial charge in [-0.15, -0.1) is 0 Å². The van der Waals surface area contributed by atoms with E-state index in [4.69, 9.17) is 5.73 Å². The molecule has 0 atom stereocenters. The Morgan fingerprint density at radius 3 is 2.68 bits per heavy atom. The molecular formula is C14H19BrN2OS. The molecule has 3 N–H and O–H groups in total. The lowest BCUT2D eigenvalue weighted by Crippen LogP contribution is -2.38. The van der Waals surface area contributed by atoms with E-state index in [9.17, 15) is 4.79 Å². The van der Waals surface area contributed by atoms with Gasteiger partial charge in [0.1, 0.15) is 0 Å². The fraction of sp³-hybridized carbons (Fsp3) is 0.500. The van der Waals surface area contributed by atoms with Crippen LogP contribution in [0.4, 0.5) is 5.69 Å². The average molecular weight is 343 g/mol. The van der Waals surface area contributed by atoms with Gasteiger partial charge >= 0.3 is 0 Å². The molecule has 0 heterocycles. The predicted octanol–water partition coefficient (Wildman–Crippen LogP) is 3.44. The van der Waals surface area contributed by atoms with E-state index >= 15 is 0 Å². The lowest BCUT2D eigenvalue weighted by Gasteiger charge is -2.28. The number of nitrogen functional groups attached to an aromatic ring is 1. The molecule has 0 radical (unpaired) electrons. The molecule has 0 unspecified atom stereocenters. The zero-order chi connectivity index (χ0) is 13.8. The molecule has 1 saturated carbocycles. The average Bonchev–Trinajstić information content (AvgIpc) is 2.42. The van der Waals surface area contributed by atoms with Crippen molar-refractivity contribution in [2.24, 2.45) is 0 Å². The van der Waals surface area contributed by atoms with E-state index in [1.54, 1.807) is 12.1 Å². The van der Waals surface area contributed by atoms with E-state index in [1.807, 2.05) is 17.8 Å². The standard InChI is InChI=1S/C14H19BrN2OS/c1-19-11-5-3-10(4-6-11)17-14(18)12-8-9(16)2-7-13(12)15/h2,7-8,10-11H,3-6,16H2,1H3,(H,17,18). The minimum atomic E-state index is -0.0354. The summed E-state index contributed by atoms with van der Waals surface area (Å²) in [5.41, 5.74) is 6.96. The van der Waals surface area contributed by atoms with Crippen LogP contribution in [0, 0.1) is 0 Å². The zero-order valence-corrected chi connectivity index (χ0v) is 13.4. The number of carbonyl (C=O) groups excluding carboxylic acids is 1. The molecular weight excluding hydrogens is 324 g/mol. The van der Waals surface area contributed by atoms with Crippen molar-refractivity contribution in [2.45, 2.75) is 37.0 Å². The molecule has 0 aliphatic heterocycles. The fourth-order valence-corrected chi connectivity index (χ4v) is 3.59. The van der Waals surface area contributed by atoms with E-state index < -0.39 is 0 Å². The Kier molecular flexibility index (Phi) is 5.16. The number of nitrogens with two attached hydrogens (primary N) is 1. The second-order valence-electron chi connectivity index (χ2n) is 4.92. The van der Waals surface area contributed by atoms with Gasteiger partial charge in [-0.05, 0) is 66.1 Å². The molecule has 0 aromatic heterocycles. The number of hydrogen-bond acceptors (Lipinski definition) is 3. The van der Waals surface area contributed by atoms with Crippen molar-refractivity contribution < 1.29 is 4.79 Å². The summed E-state index contributed by atoms with van der Waals surface area (Å²) >= 11 is 5.33. The lowest BCUT2D eigenvalue weighted by atomic mass is 9.94. The largest absolute Gasteiger partial charge is 0.399 e. The molecule has 5 heteroatoms. The van der Waals surface area contributed by atoms with Gasteiger partial charge in [0, 0.05) is 21.5 Å². The van der Waals surface area contributed by atoms with E-state index in [0.29, 0.717) is 17.3 Å². The number of amides is 1. The molecule has 1 aromatic rings. The molecule has 3 nitrogen and oxygen atoms in total. The number of hydrogen-bond donors (Lipinski definition) is 2. The third-order valence-electron chi connectivity index (χ3n) is 3.58. The molecule has 1 amide bonds. The van der Waals surface area contributed by atoms with Crippen LogP contribution in [0.3, 0.4) is 0 Å². The molecule has 0 spiro atoms. The maximum absolute atomic E-state index is 12.2. The van der Waals surface area contributed by atoms with Gasteiger partial charge in [0.25, 0.3) is 5.91 Å². The summed E-state index contributed by atoms with van der Waals surface area (Å²) in [5.74, 6) is -0.0354. The van der Waals surface area contributed by atoms with Crippen LogP contribution < -0.4 is 11.1 Å². The fourth-order valence-electron chi connectivity index (χ4n) is 2.42. The van der Waals surface area contributed by atoms with Crippen molar-refractivity contribution in [3.05, 3.63) is 28.2 Å². The number of benzene rings is 1. The van der Waals surface area contributed by atoms with Gasteiger partial charge in [-0.1, -0.05) is 0 Å². The third-order valence-corrected chi connectivity index (χ3v) is 5.41. The molecule has 1 fully saturated rings. The summed E-state index contributed by atoms with van der Waals surface area (Å²) in [7, 11) is 0. The van der Waals surface area contributed by atoms with Crippen LogP contribution in [0.2, 0.25) is 0 Å². The second kappa shape index (κ2) is 6.66. The van der Waals surface area contributed by atoms with Crippen molar-refractivity contribution in [3.63, 3.8) is 0 Å². The first kappa shape index (κ1) is 14.7. The number of halogens is 1. The summed E-state index contributed by atoms with van der Waals surface area (Å²) < 4.78 is 0.789. The maximum Gasteiger partial charge on any atom is 0.252 e. The number of nitrogens with one attached hydrogen (secondary N) is 1. The van der Waals surface area contributed by atoms with Crippen molar-refractivity contribution in [1.29, 1.82) is 0 Å². The summed E-state index contributed by atoms with van der Waals surface area (Å²) in [6.07, 6.45) is 6.66. The van der Waals surface area contributed by atoms with Gasteiger partial charge in [0.2, 0.25) is 0 Å². The first-order chi connectivity index (χ1) is 9.10. The maximum atomic E-state index is 12.2. The summed E-state index contributed by atoms with van der Waals surface area (Å²) in [4.78, 5) is 12.2. The molecule has 1 aromatic carbocycles. The van der Waals surface area contributed by atoms with E-state index in [2.05, 4.69) is 27.5 Å². The van der Waals surface area contributed by atoms with Crippen LogP contribution in [0.25, 0.3) is 0 Å². The Morgan fingerprint density at radius 1 is 1.37 bits per heavy atom. The Labute approximate surface area is 126 Å². The molecule has 0 bridgehead atoms. The minimum Gasteiger partial charge on any atom is -0.399 e. The Balaban J connectivity index is 1.96. The van der Waals surface area contributed by atoms with Gasteiger partial charge in [-0.3, -0.25) is 4.79 Å². The Hall–Kier alpha value is -0.680. The molecule has 1 aliphatic rings. The second-order valence-corrected chi connectivity index (χ2v) is 6.91. The van der Waals surface area contributed by atoms with Crippen molar-refractivity contribution in [2.75, 3.05) is 12.0 Å². The first-order valence-corrected chi connectivity index (χ1v) is 8.57. The number of anilines is 1. The first-order valence-electron chi connectivity index (χ1n) is 6.49. The minimum absolute atomic E-state index is 0.0354. The Bertz CT molecular complexity index is 459. The molecule has 19 heavy (non-hydrogen) atoms. The van der Waals surface area contributed by atoms with E-state index in [0.717, 1.165) is 22.6 Å². The highest BCUT2D eigenvalue weighted by atomic mass is 79.9. The molecule has 1 aliphatic carbocycles. The third kappa shape index (κ3) is 3.89. The van der Waals surface area contributed by atoms with Gasteiger partial charge in [-0.2, -0.15) is 11.8 Å².